The number of hydrogen-bond donors (Lipinski definition) is 1. The van der Waals surface area contributed by atoms with Gasteiger partial charge in [0.05, 0.1) is 39.8 Å². The number of methoxy groups -OCH3 is 4. The summed E-state index contributed by atoms with van der Waals surface area (Å²) in [6, 6.07) is 9.37. The molecule has 0 fully saturated rings. The van der Waals surface area contributed by atoms with E-state index in [1.165, 1.54) is 46.6 Å². The molecule has 1 N–H and O–H groups in total. The lowest BCUT2D eigenvalue weighted by molar-refractivity contribution is 0.324. The lowest BCUT2D eigenvalue weighted by Crippen LogP contribution is -2.14. The molecular weight excluding hydrogens is 412 g/mol. The standard InChI is InChI=1S/C20H22N2O7S/c1-12-8-15(29-21-12)13-6-7-19(16(9-13)25-2)30(23,24)22-14-10-17(26-3)20(28-5)18(11-14)27-4/h6-11,22H,1-5H3. The third-order valence-corrected chi connectivity index (χ3v) is 5.70. The molecule has 2 aromatic carbocycles. The van der Waals surface area contributed by atoms with Crippen molar-refractivity contribution in [2.45, 2.75) is 11.8 Å². The van der Waals surface area contributed by atoms with Gasteiger partial charge in [-0.1, -0.05) is 5.16 Å². The lowest BCUT2D eigenvalue weighted by Gasteiger charge is -2.16. The van der Waals surface area contributed by atoms with E-state index in [-0.39, 0.29) is 16.3 Å². The Morgan fingerprint density at radius 2 is 1.50 bits per heavy atom. The Balaban J connectivity index is 1.99. The van der Waals surface area contributed by atoms with Gasteiger partial charge in [0, 0.05) is 23.8 Å². The second-order valence-corrected chi connectivity index (χ2v) is 7.87. The quantitative estimate of drug-likeness (QED) is 0.574. The first-order valence-corrected chi connectivity index (χ1v) is 10.3. The Labute approximate surface area is 174 Å². The van der Waals surface area contributed by atoms with Crippen LogP contribution in [-0.4, -0.2) is 42.0 Å². The van der Waals surface area contributed by atoms with E-state index in [2.05, 4.69) is 9.88 Å². The van der Waals surface area contributed by atoms with E-state index in [1.54, 1.807) is 25.1 Å². The summed E-state index contributed by atoms with van der Waals surface area (Å²) in [5.41, 5.74) is 1.59. The maximum absolute atomic E-state index is 13.0. The summed E-state index contributed by atoms with van der Waals surface area (Å²) in [4.78, 5) is -0.0428. The normalized spacial score (nSPS) is 11.1. The SMILES string of the molecule is COc1cc(-c2cc(C)no2)ccc1S(=O)(=O)Nc1cc(OC)c(OC)c(OC)c1. The van der Waals surface area contributed by atoms with Gasteiger partial charge in [-0.2, -0.15) is 0 Å². The van der Waals surface area contributed by atoms with Crippen molar-refractivity contribution >= 4 is 15.7 Å². The molecule has 10 heteroatoms. The zero-order valence-electron chi connectivity index (χ0n) is 17.2. The lowest BCUT2D eigenvalue weighted by atomic mass is 10.1. The molecule has 0 amide bonds. The molecule has 0 radical (unpaired) electrons. The molecule has 1 heterocycles. The molecule has 0 aliphatic heterocycles. The van der Waals surface area contributed by atoms with Crippen molar-refractivity contribution < 1.29 is 31.9 Å². The van der Waals surface area contributed by atoms with Gasteiger partial charge in [-0.25, -0.2) is 8.42 Å². The zero-order chi connectivity index (χ0) is 21.9. The van der Waals surface area contributed by atoms with E-state index < -0.39 is 10.0 Å². The highest BCUT2D eigenvalue weighted by atomic mass is 32.2. The molecule has 0 bridgehead atoms. The number of anilines is 1. The first-order valence-electron chi connectivity index (χ1n) is 8.77. The molecule has 1 aromatic heterocycles. The Morgan fingerprint density at radius 1 is 0.867 bits per heavy atom. The van der Waals surface area contributed by atoms with E-state index in [1.807, 2.05) is 0 Å². The summed E-state index contributed by atoms with van der Waals surface area (Å²) in [7, 11) is 1.76. The summed E-state index contributed by atoms with van der Waals surface area (Å²) >= 11 is 0. The molecule has 30 heavy (non-hydrogen) atoms. The smallest absolute Gasteiger partial charge is 0.265 e. The highest BCUT2D eigenvalue weighted by Crippen LogP contribution is 2.41. The summed E-state index contributed by atoms with van der Waals surface area (Å²) in [6.07, 6.45) is 0. The number of aromatic nitrogens is 1. The van der Waals surface area contributed by atoms with E-state index in [0.29, 0.717) is 34.3 Å². The molecule has 160 valence electrons. The van der Waals surface area contributed by atoms with E-state index in [4.69, 9.17) is 23.5 Å². The minimum absolute atomic E-state index is 0.0428. The van der Waals surface area contributed by atoms with Crippen LogP contribution in [0, 0.1) is 6.92 Å². The number of sulfonamides is 1. The predicted molar refractivity (Wildman–Crippen MR) is 110 cm³/mol. The molecule has 0 saturated carbocycles. The van der Waals surface area contributed by atoms with Crippen LogP contribution >= 0.6 is 0 Å². The first-order chi connectivity index (χ1) is 14.3. The van der Waals surface area contributed by atoms with Crippen molar-refractivity contribution in [3.8, 4) is 34.3 Å². The summed E-state index contributed by atoms with van der Waals surface area (Å²) in [5, 5.41) is 3.84. The van der Waals surface area contributed by atoms with Crippen LogP contribution in [0.4, 0.5) is 5.69 Å². The highest BCUT2D eigenvalue weighted by Gasteiger charge is 2.23. The molecule has 0 atom stereocenters. The van der Waals surface area contributed by atoms with Gasteiger partial charge in [-0.3, -0.25) is 4.72 Å². The van der Waals surface area contributed by atoms with Gasteiger partial charge in [-0.15, -0.1) is 0 Å². The average molecular weight is 434 g/mol. The van der Waals surface area contributed by atoms with Crippen molar-refractivity contribution in [1.82, 2.24) is 5.16 Å². The van der Waals surface area contributed by atoms with Gasteiger partial charge in [0.2, 0.25) is 5.75 Å². The Morgan fingerprint density at radius 3 is 2.00 bits per heavy atom. The van der Waals surface area contributed by atoms with Crippen LogP contribution in [-0.2, 0) is 10.0 Å². The third-order valence-electron chi connectivity index (χ3n) is 4.28. The largest absolute Gasteiger partial charge is 0.495 e. The van der Waals surface area contributed by atoms with E-state index >= 15 is 0 Å². The van der Waals surface area contributed by atoms with E-state index in [9.17, 15) is 8.42 Å². The van der Waals surface area contributed by atoms with Crippen molar-refractivity contribution in [3.05, 3.63) is 42.1 Å². The van der Waals surface area contributed by atoms with Crippen LogP contribution in [0.25, 0.3) is 11.3 Å². The second-order valence-electron chi connectivity index (χ2n) is 6.22. The summed E-state index contributed by atoms with van der Waals surface area (Å²) < 4.78 is 55.0. The summed E-state index contributed by atoms with van der Waals surface area (Å²) in [6.45, 7) is 1.80. The number of rotatable bonds is 8. The minimum Gasteiger partial charge on any atom is -0.495 e. The van der Waals surface area contributed by atoms with Crippen LogP contribution in [0.1, 0.15) is 5.69 Å². The Bertz CT molecular complexity index is 1130. The molecular formula is C20H22N2O7S. The molecule has 0 spiro atoms. The van der Waals surface area contributed by atoms with Crippen LogP contribution in [0.5, 0.6) is 23.0 Å². The minimum atomic E-state index is -3.99. The molecule has 0 aliphatic carbocycles. The van der Waals surface area contributed by atoms with Crippen molar-refractivity contribution in [1.29, 1.82) is 0 Å². The molecule has 0 unspecified atom stereocenters. The number of nitrogens with one attached hydrogen (secondary N) is 1. The number of aryl methyl sites for hydroxylation is 1. The van der Waals surface area contributed by atoms with Gasteiger partial charge in [0.1, 0.15) is 10.6 Å². The van der Waals surface area contributed by atoms with Crippen LogP contribution < -0.4 is 23.7 Å². The number of nitrogens with zero attached hydrogens (tertiary/aromatic N) is 1. The molecule has 3 rings (SSSR count). The predicted octanol–water partition coefficient (Wildman–Crippen LogP) is 3.49. The fourth-order valence-electron chi connectivity index (χ4n) is 2.89. The fraction of sp³-hybridized carbons (Fsp3) is 0.250. The van der Waals surface area contributed by atoms with Gasteiger partial charge >= 0.3 is 0 Å². The number of ether oxygens (including phenoxy) is 4. The molecule has 0 aliphatic rings. The number of benzene rings is 2. The van der Waals surface area contributed by atoms with Gasteiger partial charge in [-0.05, 0) is 25.1 Å². The monoisotopic (exact) mass is 434 g/mol. The summed E-state index contributed by atoms with van der Waals surface area (Å²) in [5.74, 6) is 1.65. The maximum Gasteiger partial charge on any atom is 0.265 e. The topological polar surface area (TPSA) is 109 Å². The molecule has 0 saturated heterocycles. The van der Waals surface area contributed by atoms with E-state index in [0.717, 1.165) is 0 Å². The van der Waals surface area contributed by atoms with Gasteiger partial charge in [0.25, 0.3) is 10.0 Å². The van der Waals surface area contributed by atoms with Crippen LogP contribution in [0.15, 0.2) is 45.8 Å². The van der Waals surface area contributed by atoms with Crippen molar-refractivity contribution in [2.24, 2.45) is 0 Å². The fourth-order valence-corrected chi connectivity index (χ4v) is 4.09. The highest BCUT2D eigenvalue weighted by molar-refractivity contribution is 7.92. The van der Waals surface area contributed by atoms with Crippen LogP contribution in [0.2, 0.25) is 0 Å². The van der Waals surface area contributed by atoms with Crippen LogP contribution in [0.3, 0.4) is 0 Å². The third kappa shape index (κ3) is 4.13. The number of hydrogen-bond acceptors (Lipinski definition) is 8. The maximum atomic E-state index is 13.0. The van der Waals surface area contributed by atoms with Crippen molar-refractivity contribution in [3.63, 3.8) is 0 Å². The Kier molecular flexibility index (Phi) is 6.06. The zero-order valence-corrected chi connectivity index (χ0v) is 18.0. The average Bonchev–Trinajstić information content (AvgIpc) is 3.18. The molecule has 9 nitrogen and oxygen atoms in total. The Hall–Kier alpha value is -3.40. The molecule has 3 aromatic rings. The van der Waals surface area contributed by atoms with Gasteiger partial charge < -0.3 is 23.5 Å². The second kappa shape index (κ2) is 8.54. The first kappa shape index (κ1) is 21.3. The van der Waals surface area contributed by atoms with Gasteiger partial charge in [0.15, 0.2) is 17.3 Å². The van der Waals surface area contributed by atoms with Crippen molar-refractivity contribution in [2.75, 3.05) is 33.2 Å².